The van der Waals surface area contributed by atoms with Crippen molar-refractivity contribution in [1.82, 2.24) is 9.97 Å². The molecule has 0 fully saturated rings. The fraction of sp³-hybridized carbons (Fsp3) is 0.111. The van der Waals surface area contributed by atoms with E-state index in [4.69, 9.17) is 4.74 Å². The van der Waals surface area contributed by atoms with Gasteiger partial charge in [-0.2, -0.15) is 0 Å². The van der Waals surface area contributed by atoms with E-state index in [1.165, 1.54) is 0 Å². The summed E-state index contributed by atoms with van der Waals surface area (Å²) in [5.74, 6) is 2.11. The molecule has 5 nitrogen and oxygen atoms in total. The van der Waals surface area contributed by atoms with E-state index in [2.05, 4.69) is 15.3 Å². The lowest BCUT2D eigenvalue weighted by molar-refractivity contribution is 0.415. The Bertz CT molecular complexity index is 817. The maximum absolute atomic E-state index is 9.98. The highest BCUT2D eigenvalue weighted by Gasteiger charge is 2.09. The molecule has 0 aliphatic rings. The normalized spacial score (nSPS) is 10.3. The summed E-state index contributed by atoms with van der Waals surface area (Å²) in [5.41, 5.74) is 2.32. The van der Waals surface area contributed by atoms with Crippen molar-refractivity contribution in [3.05, 3.63) is 60.3 Å². The van der Waals surface area contributed by atoms with Gasteiger partial charge in [0.15, 0.2) is 5.82 Å². The number of anilines is 2. The summed E-state index contributed by atoms with van der Waals surface area (Å²) in [5, 5.41) is 13.2. The molecule has 0 radical (unpaired) electrons. The van der Waals surface area contributed by atoms with Crippen LogP contribution in [0.15, 0.2) is 54.6 Å². The van der Waals surface area contributed by atoms with Gasteiger partial charge < -0.3 is 15.2 Å². The monoisotopic (exact) mass is 307 g/mol. The van der Waals surface area contributed by atoms with Gasteiger partial charge in [-0.25, -0.2) is 9.97 Å². The third kappa shape index (κ3) is 3.40. The van der Waals surface area contributed by atoms with Gasteiger partial charge in [0.25, 0.3) is 0 Å². The van der Waals surface area contributed by atoms with Crippen LogP contribution in [-0.4, -0.2) is 22.2 Å². The van der Waals surface area contributed by atoms with E-state index < -0.39 is 0 Å². The third-order valence-corrected chi connectivity index (χ3v) is 3.36. The number of phenolic OH excluding ortho intramolecular Hbond substituents is 1. The zero-order valence-electron chi connectivity index (χ0n) is 12.9. The molecule has 1 aromatic heterocycles. The lowest BCUT2D eigenvalue weighted by atomic mass is 10.2. The first-order valence-corrected chi connectivity index (χ1v) is 7.21. The second-order valence-corrected chi connectivity index (χ2v) is 5.09. The second kappa shape index (κ2) is 6.36. The molecule has 2 N–H and O–H groups in total. The Hall–Kier alpha value is -3.08. The first-order chi connectivity index (χ1) is 11.2. The predicted molar refractivity (Wildman–Crippen MR) is 90.1 cm³/mol. The molecule has 3 rings (SSSR count). The van der Waals surface area contributed by atoms with Crippen molar-refractivity contribution in [2.45, 2.75) is 6.92 Å². The molecular weight excluding hydrogens is 290 g/mol. The number of nitrogens with zero attached hydrogens (tertiary/aromatic N) is 2. The number of benzene rings is 2. The molecule has 0 amide bonds. The number of aromatic nitrogens is 2. The maximum atomic E-state index is 9.98. The van der Waals surface area contributed by atoms with Gasteiger partial charge in [-0.05, 0) is 43.3 Å². The van der Waals surface area contributed by atoms with Crippen LogP contribution in [0, 0.1) is 6.92 Å². The van der Waals surface area contributed by atoms with Gasteiger partial charge in [0.1, 0.15) is 17.3 Å². The van der Waals surface area contributed by atoms with E-state index in [0.29, 0.717) is 17.2 Å². The quantitative estimate of drug-likeness (QED) is 0.765. The van der Waals surface area contributed by atoms with Crippen LogP contribution in [0.5, 0.6) is 11.5 Å². The summed E-state index contributed by atoms with van der Waals surface area (Å²) in [6, 6.07) is 16.5. The van der Waals surface area contributed by atoms with Crippen LogP contribution in [0.1, 0.15) is 5.69 Å². The van der Waals surface area contributed by atoms with E-state index in [0.717, 1.165) is 17.1 Å². The van der Waals surface area contributed by atoms with Crippen LogP contribution in [0.3, 0.4) is 0 Å². The molecule has 0 bridgehead atoms. The van der Waals surface area contributed by atoms with Crippen LogP contribution in [0.25, 0.3) is 11.4 Å². The van der Waals surface area contributed by atoms with Crippen LogP contribution in [0.4, 0.5) is 11.5 Å². The molecule has 2 aromatic carbocycles. The van der Waals surface area contributed by atoms with Gasteiger partial charge in [0.05, 0.1) is 12.7 Å². The van der Waals surface area contributed by atoms with Crippen molar-refractivity contribution >= 4 is 11.5 Å². The molecule has 0 aliphatic carbocycles. The van der Waals surface area contributed by atoms with Gasteiger partial charge in [0.2, 0.25) is 0 Å². The third-order valence-electron chi connectivity index (χ3n) is 3.36. The Labute approximate surface area is 134 Å². The Kier molecular flexibility index (Phi) is 4.10. The summed E-state index contributed by atoms with van der Waals surface area (Å²) < 4.78 is 5.15. The molecule has 0 atom stereocenters. The Morgan fingerprint density at radius 1 is 1.00 bits per heavy atom. The highest BCUT2D eigenvalue weighted by Crippen LogP contribution is 2.27. The van der Waals surface area contributed by atoms with E-state index in [1.54, 1.807) is 25.3 Å². The van der Waals surface area contributed by atoms with Crippen molar-refractivity contribution in [3.63, 3.8) is 0 Å². The maximum Gasteiger partial charge on any atom is 0.165 e. The van der Waals surface area contributed by atoms with Gasteiger partial charge in [-0.1, -0.05) is 12.1 Å². The SMILES string of the molecule is COc1ccc(Nc2cc(C)nc(-c3ccccc3O)n2)cc1. The number of methoxy groups -OCH3 is 1. The average Bonchev–Trinajstić information content (AvgIpc) is 2.55. The number of ether oxygens (including phenoxy) is 1. The minimum absolute atomic E-state index is 0.161. The number of para-hydroxylation sites is 1. The number of hydrogen-bond donors (Lipinski definition) is 2. The topological polar surface area (TPSA) is 67.3 Å². The Morgan fingerprint density at radius 2 is 1.74 bits per heavy atom. The first-order valence-electron chi connectivity index (χ1n) is 7.21. The molecule has 0 saturated carbocycles. The highest BCUT2D eigenvalue weighted by molar-refractivity contribution is 5.66. The zero-order valence-corrected chi connectivity index (χ0v) is 12.9. The number of hydrogen-bond acceptors (Lipinski definition) is 5. The number of rotatable bonds is 4. The summed E-state index contributed by atoms with van der Waals surface area (Å²) in [7, 11) is 1.63. The first kappa shape index (κ1) is 14.8. The summed E-state index contributed by atoms with van der Waals surface area (Å²) >= 11 is 0. The van der Waals surface area contributed by atoms with Crippen molar-refractivity contribution < 1.29 is 9.84 Å². The van der Waals surface area contributed by atoms with Gasteiger partial charge in [-0.3, -0.25) is 0 Å². The number of aryl methyl sites for hydroxylation is 1. The zero-order chi connectivity index (χ0) is 16.2. The molecule has 0 unspecified atom stereocenters. The van der Waals surface area contributed by atoms with Gasteiger partial charge in [-0.15, -0.1) is 0 Å². The molecule has 3 aromatic rings. The molecule has 0 aliphatic heterocycles. The summed E-state index contributed by atoms with van der Waals surface area (Å²) in [4.78, 5) is 8.89. The lowest BCUT2D eigenvalue weighted by Crippen LogP contribution is -1.99. The number of nitrogens with one attached hydrogen (secondary N) is 1. The van der Waals surface area contributed by atoms with Crippen LogP contribution in [-0.2, 0) is 0 Å². The van der Waals surface area contributed by atoms with E-state index >= 15 is 0 Å². The summed E-state index contributed by atoms with van der Waals surface area (Å²) in [6.45, 7) is 1.89. The molecule has 5 heteroatoms. The molecule has 0 spiro atoms. The van der Waals surface area contributed by atoms with Crippen molar-refractivity contribution in [1.29, 1.82) is 0 Å². The van der Waals surface area contributed by atoms with Gasteiger partial charge >= 0.3 is 0 Å². The smallest absolute Gasteiger partial charge is 0.165 e. The molecule has 1 heterocycles. The second-order valence-electron chi connectivity index (χ2n) is 5.09. The Morgan fingerprint density at radius 3 is 2.43 bits per heavy atom. The van der Waals surface area contributed by atoms with Crippen molar-refractivity contribution in [2.24, 2.45) is 0 Å². The van der Waals surface area contributed by atoms with E-state index in [-0.39, 0.29) is 5.75 Å². The summed E-state index contributed by atoms with van der Waals surface area (Å²) in [6.07, 6.45) is 0. The van der Waals surface area contributed by atoms with Crippen molar-refractivity contribution in [3.8, 4) is 22.9 Å². The Balaban J connectivity index is 1.92. The van der Waals surface area contributed by atoms with Crippen LogP contribution >= 0.6 is 0 Å². The fourth-order valence-corrected chi connectivity index (χ4v) is 2.24. The molecular formula is C18H17N3O2. The van der Waals surface area contributed by atoms with E-state index in [1.807, 2.05) is 43.3 Å². The molecule has 23 heavy (non-hydrogen) atoms. The van der Waals surface area contributed by atoms with Gasteiger partial charge in [0, 0.05) is 17.4 Å². The fourth-order valence-electron chi connectivity index (χ4n) is 2.24. The molecule has 116 valence electrons. The predicted octanol–water partition coefficient (Wildman–Crippen LogP) is 3.91. The number of aromatic hydroxyl groups is 1. The molecule has 0 saturated heterocycles. The minimum Gasteiger partial charge on any atom is -0.507 e. The van der Waals surface area contributed by atoms with Crippen LogP contribution in [0.2, 0.25) is 0 Å². The van der Waals surface area contributed by atoms with Crippen LogP contribution < -0.4 is 10.1 Å². The largest absolute Gasteiger partial charge is 0.507 e. The lowest BCUT2D eigenvalue weighted by Gasteiger charge is -2.10. The van der Waals surface area contributed by atoms with Crippen molar-refractivity contribution in [2.75, 3.05) is 12.4 Å². The standard InChI is InChI=1S/C18H17N3O2/c1-12-11-17(20-13-7-9-14(23-2)10-8-13)21-18(19-12)15-5-3-4-6-16(15)22/h3-11,22H,1-2H3,(H,19,20,21). The number of phenols is 1. The van der Waals surface area contributed by atoms with E-state index in [9.17, 15) is 5.11 Å². The minimum atomic E-state index is 0.161. The average molecular weight is 307 g/mol. The highest BCUT2D eigenvalue weighted by atomic mass is 16.5.